The summed E-state index contributed by atoms with van der Waals surface area (Å²) < 4.78 is 4.88. The summed E-state index contributed by atoms with van der Waals surface area (Å²) in [5.74, 6) is 0.916. The number of nitrogens with zero attached hydrogens (tertiary/aromatic N) is 2. The highest BCUT2D eigenvalue weighted by atomic mass is 16.5. The zero-order valence-corrected chi connectivity index (χ0v) is 15.0. The number of aryl methyl sites for hydroxylation is 1. The van der Waals surface area contributed by atoms with E-state index in [0.717, 1.165) is 46.5 Å². The number of nitrogens with one attached hydrogen (secondary N) is 1. The van der Waals surface area contributed by atoms with Crippen molar-refractivity contribution in [1.82, 2.24) is 9.97 Å². The molecule has 4 rings (SSSR count). The van der Waals surface area contributed by atoms with Gasteiger partial charge in [0, 0.05) is 17.0 Å². The van der Waals surface area contributed by atoms with Gasteiger partial charge in [-0.15, -0.1) is 0 Å². The molecule has 1 saturated carbocycles. The van der Waals surface area contributed by atoms with Crippen molar-refractivity contribution in [2.75, 3.05) is 12.4 Å². The smallest absolute Gasteiger partial charge is 0.339 e. The molecule has 132 valence electrons. The summed E-state index contributed by atoms with van der Waals surface area (Å²) in [7, 11) is 1.41. The average Bonchev–Trinajstić information content (AvgIpc) is 3.50. The summed E-state index contributed by atoms with van der Waals surface area (Å²) in [6.45, 7) is 2.55. The van der Waals surface area contributed by atoms with Crippen molar-refractivity contribution in [2.24, 2.45) is 0 Å². The fourth-order valence-corrected chi connectivity index (χ4v) is 3.21. The molecule has 1 aliphatic carbocycles. The van der Waals surface area contributed by atoms with Crippen LogP contribution in [0.3, 0.4) is 0 Å². The summed E-state index contributed by atoms with van der Waals surface area (Å²) in [6.07, 6.45) is 2.16. The number of hydrogen-bond acceptors (Lipinski definition) is 5. The number of esters is 1. The first-order chi connectivity index (χ1) is 12.7. The van der Waals surface area contributed by atoms with Gasteiger partial charge in [-0.3, -0.25) is 4.98 Å². The van der Waals surface area contributed by atoms with E-state index < -0.39 is 0 Å². The summed E-state index contributed by atoms with van der Waals surface area (Å²) in [4.78, 5) is 21.3. The first-order valence-corrected chi connectivity index (χ1v) is 8.84. The van der Waals surface area contributed by atoms with Gasteiger partial charge in [0.05, 0.1) is 30.6 Å². The minimum atomic E-state index is -0.315. The van der Waals surface area contributed by atoms with E-state index in [0.29, 0.717) is 18.0 Å². The van der Waals surface area contributed by atoms with Crippen molar-refractivity contribution < 1.29 is 9.53 Å². The first-order valence-electron chi connectivity index (χ1n) is 8.84. The van der Waals surface area contributed by atoms with Crippen LogP contribution in [0.2, 0.25) is 0 Å². The van der Waals surface area contributed by atoms with Crippen LogP contribution in [0.15, 0.2) is 42.5 Å². The van der Waals surface area contributed by atoms with E-state index in [1.165, 1.54) is 7.11 Å². The van der Waals surface area contributed by atoms with Gasteiger partial charge in [-0.05, 0) is 43.4 Å². The van der Waals surface area contributed by atoms with Crippen LogP contribution >= 0.6 is 0 Å². The van der Waals surface area contributed by atoms with Crippen LogP contribution in [0.5, 0.6) is 0 Å². The predicted molar refractivity (Wildman–Crippen MR) is 101 cm³/mol. The number of hydrogen-bond donors (Lipinski definition) is 1. The normalized spacial score (nSPS) is 13.6. The molecule has 1 fully saturated rings. The van der Waals surface area contributed by atoms with Crippen LogP contribution in [0.4, 0.5) is 5.82 Å². The Balaban J connectivity index is 1.61. The molecule has 1 N–H and O–H groups in total. The average molecular weight is 347 g/mol. The van der Waals surface area contributed by atoms with Crippen LogP contribution in [-0.4, -0.2) is 23.0 Å². The molecule has 2 aromatic heterocycles. The molecular weight excluding hydrogens is 326 g/mol. The quantitative estimate of drug-likeness (QED) is 0.700. The number of pyridine rings is 2. The molecule has 1 aliphatic rings. The van der Waals surface area contributed by atoms with E-state index in [1.54, 1.807) is 0 Å². The Morgan fingerprint density at radius 3 is 2.77 bits per heavy atom. The molecule has 0 saturated heterocycles. The summed E-state index contributed by atoms with van der Waals surface area (Å²) in [6, 6.07) is 14.0. The molecule has 2 heterocycles. The highest BCUT2D eigenvalue weighted by Gasteiger charge is 2.30. The molecule has 3 aromatic rings. The maximum absolute atomic E-state index is 12.0. The lowest BCUT2D eigenvalue weighted by Gasteiger charge is -2.12. The largest absolute Gasteiger partial charge is 0.465 e. The SMILES string of the molecule is COC(=O)c1ccc(CNc2nc(C)cc3ccccc23)nc1C1CC1. The van der Waals surface area contributed by atoms with E-state index in [9.17, 15) is 4.79 Å². The molecule has 0 radical (unpaired) electrons. The lowest BCUT2D eigenvalue weighted by molar-refractivity contribution is 0.0598. The van der Waals surface area contributed by atoms with Gasteiger partial charge >= 0.3 is 5.97 Å². The third-order valence-corrected chi connectivity index (χ3v) is 4.66. The minimum absolute atomic E-state index is 0.315. The van der Waals surface area contributed by atoms with Crippen LogP contribution in [0.25, 0.3) is 10.8 Å². The van der Waals surface area contributed by atoms with Gasteiger partial charge in [0.25, 0.3) is 0 Å². The molecule has 0 unspecified atom stereocenters. The topological polar surface area (TPSA) is 64.1 Å². The standard InChI is InChI=1S/C21H21N3O2/c1-13-11-15-5-3-4-6-17(15)20(23-13)22-12-16-9-10-18(21(25)26-2)19(24-16)14-7-8-14/h3-6,9-11,14H,7-8,12H2,1-2H3,(H,22,23). The third-order valence-electron chi connectivity index (χ3n) is 4.66. The lowest BCUT2D eigenvalue weighted by Crippen LogP contribution is -2.11. The van der Waals surface area contributed by atoms with Gasteiger partial charge in [-0.2, -0.15) is 0 Å². The van der Waals surface area contributed by atoms with Crippen LogP contribution < -0.4 is 5.32 Å². The third kappa shape index (κ3) is 3.25. The van der Waals surface area contributed by atoms with Crippen molar-refractivity contribution in [3.63, 3.8) is 0 Å². The molecule has 0 aliphatic heterocycles. The highest BCUT2D eigenvalue weighted by molar-refractivity contribution is 5.92. The van der Waals surface area contributed by atoms with Crippen molar-refractivity contribution >= 4 is 22.6 Å². The zero-order valence-electron chi connectivity index (χ0n) is 15.0. The summed E-state index contributed by atoms with van der Waals surface area (Å²) in [5, 5.41) is 5.66. The second-order valence-corrected chi connectivity index (χ2v) is 6.69. The van der Waals surface area contributed by atoms with Gasteiger partial charge in [0.15, 0.2) is 0 Å². The molecule has 5 nitrogen and oxygen atoms in total. The molecular formula is C21H21N3O2. The van der Waals surface area contributed by atoms with E-state index in [1.807, 2.05) is 31.2 Å². The lowest BCUT2D eigenvalue weighted by atomic mass is 10.1. The first kappa shape index (κ1) is 16.5. The monoisotopic (exact) mass is 347 g/mol. The molecule has 5 heteroatoms. The Labute approximate surface area is 152 Å². The number of carbonyl (C=O) groups is 1. The van der Waals surface area contributed by atoms with Gasteiger partial charge in [0.2, 0.25) is 0 Å². The minimum Gasteiger partial charge on any atom is -0.465 e. The van der Waals surface area contributed by atoms with Crippen molar-refractivity contribution in [1.29, 1.82) is 0 Å². The van der Waals surface area contributed by atoms with Crippen molar-refractivity contribution in [2.45, 2.75) is 32.2 Å². The number of aromatic nitrogens is 2. The maximum Gasteiger partial charge on any atom is 0.339 e. The maximum atomic E-state index is 12.0. The number of ether oxygens (including phenoxy) is 1. The van der Waals surface area contributed by atoms with Gasteiger partial charge in [-0.25, -0.2) is 9.78 Å². The van der Waals surface area contributed by atoms with E-state index in [4.69, 9.17) is 9.72 Å². The van der Waals surface area contributed by atoms with Crippen LogP contribution in [-0.2, 0) is 11.3 Å². The number of anilines is 1. The van der Waals surface area contributed by atoms with E-state index in [2.05, 4.69) is 28.5 Å². The highest BCUT2D eigenvalue weighted by Crippen LogP contribution is 2.40. The molecule has 0 bridgehead atoms. The summed E-state index contributed by atoms with van der Waals surface area (Å²) in [5.41, 5.74) is 3.31. The van der Waals surface area contributed by atoms with E-state index in [-0.39, 0.29) is 5.97 Å². The Hall–Kier alpha value is -2.95. The molecule has 0 amide bonds. The molecule has 1 aromatic carbocycles. The summed E-state index contributed by atoms with van der Waals surface area (Å²) >= 11 is 0. The molecule has 0 atom stereocenters. The fraction of sp³-hybridized carbons (Fsp3) is 0.286. The number of rotatable bonds is 5. The van der Waals surface area contributed by atoms with Crippen molar-refractivity contribution in [3.05, 3.63) is 65.1 Å². The number of benzene rings is 1. The number of fused-ring (bicyclic) bond motifs is 1. The van der Waals surface area contributed by atoms with Gasteiger partial charge in [-0.1, -0.05) is 24.3 Å². The van der Waals surface area contributed by atoms with Crippen LogP contribution in [0, 0.1) is 6.92 Å². The second-order valence-electron chi connectivity index (χ2n) is 6.69. The van der Waals surface area contributed by atoms with Crippen molar-refractivity contribution in [3.8, 4) is 0 Å². The number of methoxy groups -OCH3 is 1. The van der Waals surface area contributed by atoms with E-state index >= 15 is 0 Å². The molecule has 26 heavy (non-hydrogen) atoms. The Morgan fingerprint density at radius 2 is 2.00 bits per heavy atom. The van der Waals surface area contributed by atoms with Crippen LogP contribution in [0.1, 0.15) is 46.2 Å². The van der Waals surface area contributed by atoms with Gasteiger partial charge in [0.1, 0.15) is 5.82 Å². The zero-order chi connectivity index (χ0) is 18.1. The Kier molecular flexibility index (Phi) is 4.29. The Morgan fingerprint density at radius 1 is 1.19 bits per heavy atom. The fourth-order valence-electron chi connectivity index (χ4n) is 3.21. The predicted octanol–water partition coefficient (Wildman–Crippen LogP) is 4.21. The number of carbonyl (C=O) groups excluding carboxylic acids is 1. The molecule has 0 spiro atoms. The van der Waals surface area contributed by atoms with Gasteiger partial charge < -0.3 is 10.1 Å². The second kappa shape index (κ2) is 6.75. The Bertz CT molecular complexity index is 980.